The summed E-state index contributed by atoms with van der Waals surface area (Å²) in [6.45, 7) is 3.13. The van der Waals surface area contributed by atoms with E-state index in [0.717, 1.165) is 31.0 Å². The minimum atomic E-state index is 0.151. The molecule has 1 atom stereocenters. The first-order valence-electron chi connectivity index (χ1n) is 8.70. The van der Waals surface area contributed by atoms with Crippen molar-refractivity contribution in [3.8, 4) is 11.4 Å². The van der Waals surface area contributed by atoms with Gasteiger partial charge in [-0.3, -0.25) is 0 Å². The number of halogens is 2. The van der Waals surface area contributed by atoms with E-state index in [1.165, 1.54) is 0 Å². The zero-order valence-corrected chi connectivity index (χ0v) is 16.7. The molecule has 1 saturated heterocycles. The first kappa shape index (κ1) is 18.4. The SMILES string of the molecule is CN(C)CC1CN(c2ccc3nnc(-c4cc(Cl)cc(Cl)c4)n3n2)CCO1. The summed E-state index contributed by atoms with van der Waals surface area (Å²) in [6, 6.07) is 9.19. The highest BCUT2D eigenvalue weighted by atomic mass is 35.5. The minimum absolute atomic E-state index is 0.151. The molecule has 1 aliphatic rings. The molecule has 142 valence electrons. The van der Waals surface area contributed by atoms with Gasteiger partial charge in [-0.1, -0.05) is 23.2 Å². The summed E-state index contributed by atoms with van der Waals surface area (Å²) in [4.78, 5) is 4.36. The third-order valence-electron chi connectivity index (χ3n) is 4.40. The third-order valence-corrected chi connectivity index (χ3v) is 4.84. The second kappa shape index (κ2) is 7.59. The van der Waals surface area contributed by atoms with Gasteiger partial charge in [0.05, 0.1) is 12.7 Å². The maximum atomic E-state index is 6.14. The largest absolute Gasteiger partial charge is 0.373 e. The van der Waals surface area contributed by atoms with Gasteiger partial charge in [0, 0.05) is 35.2 Å². The van der Waals surface area contributed by atoms with Crippen LogP contribution in [-0.4, -0.2) is 71.2 Å². The molecule has 0 radical (unpaired) electrons. The fourth-order valence-corrected chi connectivity index (χ4v) is 3.78. The Morgan fingerprint density at radius 1 is 1.15 bits per heavy atom. The summed E-state index contributed by atoms with van der Waals surface area (Å²) in [5, 5.41) is 14.3. The number of anilines is 1. The molecular formula is C18H20Cl2N6O. The quantitative estimate of drug-likeness (QED) is 0.663. The van der Waals surface area contributed by atoms with Crippen molar-refractivity contribution in [2.45, 2.75) is 6.10 Å². The zero-order chi connectivity index (χ0) is 19.0. The highest BCUT2D eigenvalue weighted by Crippen LogP contribution is 2.27. The summed E-state index contributed by atoms with van der Waals surface area (Å²) in [6.07, 6.45) is 0.151. The molecule has 27 heavy (non-hydrogen) atoms. The Bertz CT molecular complexity index is 940. The monoisotopic (exact) mass is 406 g/mol. The van der Waals surface area contributed by atoms with E-state index in [1.807, 2.05) is 26.2 Å². The van der Waals surface area contributed by atoms with Crippen molar-refractivity contribution in [3.63, 3.8) is 0 Å². The lowest BCUT2D eigenvalue weighted by Gasteiger charge is -2.34. The van der Waals surface area contributed by atoms with Crippen LogP contribution in [0.15, 0.2) is 30.3 Å². The first-order chi connectivity index (χ1) is 13.0. The van der Waals surface area contributed by atoms with E-state index in [-0.39, 0.29) is 6.10 Å². The van der Waals surface area contributed by atoms with Crippen molar-refractivity contribution in [1.29, 1.82) is 0 Å². The number of aromatic nitrogens is 4. The molecule has 4 rings (SSSR count). The Kier molecular flexibility index (Phi) is 5.19. The molecule has 1 aliphatic heterocycles. The Morgan fingerprint density at radius 2 is 1.93 bits per heavy atom. The highest BCUT2D eigenvalue weighted by molar-refractivity contribution is 6.35. The van der Waals surface area contributed by atoms with E-state index in [1.54, 1.807) is 22.7 Å². The number of benzene rings is 1. The summed E-state index contributed by atoms with van der Waals surface area (Å²) >= 11 is 12.3. The van der Waals surface area contributed by atoms with Crippen LogP contribution in [0.5, 0.6) is 0 Å². The van der Waals surface area contributed by atoms with Gasteiger partial charge >= 0.3 is 0 Å². The van der Waals surface area contributed by atoms with E-state index in [0.29, 0.717) is 28.1 Å². The average molecular weight is 407 g/mol. The van der Waals surface area contributed by atoms with Crippen molar-refractivity contribution in [1.82, 2.24) is 24.7 Å². The van der Waals surface area contributed by atoms with Gasteiger partial charge in [-0.15, -0.1) is 15.3 Å². The van der Waals surface area contributed by atoms with Crippen LogP contribution >= 0.6 is 23.2 Å². The standard InChI is InChI=1S/C18H20Cl2N6O/c1-24(2)10-15-11-25(5-6-27-15)17-4-3-16-21-22-18(26(16)23-17)12-7-13(19)9-14(20)8-12/h3-4,7-9,15H,5-6,10-11H2,1-2H3. The number of morpholine rings is 1. The molecule has 7 nitrogen and oxygen atoms in total. The second-order valence-electron chi connectivity index (χ2n) is 6.84. The molecule has 9 heteroatoms. The van der Waals surface area contributed by atoms with Crippen LogP contribution in [0.25, 0.3) is 17.0 Å². The lowest BCUT2D eigenvalue weighted by atomic mass is 10.2. The van der Waals surface area contributed by atoms with Gasteiger partial charge < -0.3 is 14.5 Å². The Labute approximate surface area is 167 Å². The molecule has 1 aromatic carbocycles. The molecule has 0 N–H and O–H groups in total. The molecule has 1 unspecified atom stereocenters. The van der Waals surface area contributed by atoms with Crippen molar-refractivity contribution in [3.05, 3.63) is 40.4 Å². The van der Waals surface area contributed by atoms with Gasteiger partial charge in [-0.2, -0.15) is 4.52 Å². The first-order valence-corrected chi connectivity index (χ1v) is 9.45. The molecule has 0 spiro atoms. The molecule has 3 heterocycles. The average Bonchev–Trinajstić information content (AvgIpc) is 3.03. The van der Waals surface area contributed by atoms with E-state index in [4.69, 9.17) is 33.0 Å². The van der Waals surface area contributed by atoms with E-state index >= 15 is 0 Å². The fraction of sp³-hybridized carbons (Fsp3) is 0.389. The normalized spacial score (nSPS) is 17.8. The topological polar surface area (TPSA) is 58.8 Å². The van der Waals surface area contributed by atoms with Crippen LogP contribution < -0.4 is 4.90 Å². The minimum Gasteiger partial charge on any atom is -0.373 e. The van der Waals surface area contributed by atoms with Gasteiger partial charge in [-0.05, 0) is 44.4 Å². The van der Waals surface area contributed by atoms with Crippen molar-refractivity contribution >= 4 is 34.7 Å². The molecule has 3 aromatic rings. The molecule has 1 fully saturated rings. The molecule has 0 amide bonds. The second-order valence-corrected chi connectivity index (χ2v) is 7.72. The summed E-state index contributed by atoms with van der Waals surface area (Å²) in [7, 11) is 4.10. The molecule has 0 aliphatic carbocycles. The van der Waals surface area contributed by atoms with Gasteiger partial charge in [0.1, 0.15) is 5.82 Å². The smallest absolute Gasteiger partial charge is 0.185 e. The highest BCUT2D eigenvalue weighted by Gasteiger charge is 2.23. The van der Waals surface area contributed by atoms with E-state index < -0.39 is 0 Å². The zero-order valence-electron chi connectivity index (χ0n) is 15.1. The predicted octanol–water partition coefficient (Wildman–Crippen LogP) is 2.86. The lowest BCUT2D eigenvalue weighted by Crippen LogP contribution is -2.46. The number of ether oxygens (including phenoxy) is 1. The number of nitrogens with zero attached hydrogens (tertiary/aromatic N) is 6. The van der Waals surface area contributed by atoms with Crippen molar-refractivity contribution < 1.29 is 4.74 Å². The summed E-state index contributed by atoms with van der Waals surface area (Å²) in [5.41, 5.74) is 1.44. The molecule has 2 aromatic heterocycles. The van der Waals surface area contributed by atoms with E-state index in [9.17, 15) is 0 Å². The Hall–Kier alpha value is -1.93. The predicted molar refractivity (Wildman–Crippen MR) is 107 cm³/mol. The lowest BCUT2D eigenvalue weighted by molar-refractivity contribution is 0.0245. The number of hydrogen-bond acceptors (Lipinski definition) is 6. The number of fused-ring (bicyclic) bond motifs is 1. The van der Waals surface area contributed by atoms with Gasteiger partial charge in [0.15, 0.2) is 11.5 Å². The van der Waals surface area contributed by atoms with Crippen LogP contribution in [0.2, 0.25) is 10.0 Å². The van der Waals surface area contributed by atoms with Crippen molar-refractivity contribution in [2.24, 2.45) is 0 Å². The number of rotatable bonds is 4. The van der Waals surface area contributed by atoms with Crippen LogP contribution in [0.3, 0.4) is 0 Å². The van der Waals surface area contributed by atoms with Crippen LogP contribution in [0, 0.1) is 0 Å². The molecule has 0 bridgehead atoms. The van der Waals surface area contributed by atoms with Gasteiger partial charge in [0.25, 0.3) is 0 Å². The Balaban J connectivity index is 1.67. The van der Waals surface area contributed by atoms with Gasteiger partial charge in [-0.25, -0.2) is 0 Å². The fourth-order valence-electron chi connectivity index (χ4n) is 3.26. The summed E-state index contributed by atoms with van der Waals surface area (Å²) < 4.78 is 7.59. The molecule has 0 saturated carbocycles. The maximum absolute atomic E-state index is 6.14. The summed E-state index contributed by atoms with van der Waals surface area (Å²) in [5.74, 6) is 1.47. The van der Waals surface area contributed by atoms with Gasteiger partial charge in [0.2, 0.25) is 0 Å². The van der Waals surface area contributed by atoms with Crippen LogP contribution in [0.4, 0.5) is 5.82 Å². The van der Waals surface area contributed by atoms with Crippen LogP contribution in [0.1, 0.15) is 0 Å². The Morgan fingerprint density at radius 3 is 2.67 bits per heavy atom. The molecular weight excluding hydrogens is 387 g/mol. The number of likely N-dealkylation sites (N-methyl/N-ethyl adjacent to an activating group) is 1. The third kappa shape index (κ3) is 4.01. The number of hydrogen-bond donors (Lipinski definition) is 0. The van der Waals surface area contributed by atoms with E-state index in [2.05, 4.69) is 20.0 Å². The van der Waals surface area contributed by atoms with Crippen molar-refractivity contribution in [2.75, 3.05) is 45.2 Å². The maximum Gasteiger partial charge on any atom is 0.185 e. The van der Waals surface area contributed by atoms with Crippen LogP contribution in [-0.2, 0) is 4.74 Å².